The first-order valence-electron chi connectivity index (χ1n) is 0. The predicted octanol–water partition coefficient (Wildman–Crippen LogP) is -0.986. The van der Waals surface area contributed by atoms with Crippen molar-refractivity contribution < 1.29 is 128 Å². The van der Waals surface area contributed by atoms with Crippen LogP contribution in [0.15, 0.2) is 0 Å². The Balaban J connectivity index is 0. The first-order valence-corrected chi connectivity index (χ1v) is 0. The second-order valence-corrected chi connectivity index (χ2v) is 0. The van der Waals surface area contributed by atoms with Gasteiger partial charge in [-0.15, -0.1) is 0 Å². The van der Waals surface area contributed by atoms with E-state index >= 15 is 0 Å². The Morgan fingerprint density at radius 1 is 1.17 bits per heavy atom. The molecule has 0 aromatic rings. The van der Waals surface area contributed by atoms with Gasteiger partial charge in [0, 0.05) is 120 Å². The summed E-state index contributed by atoms with van der Waals surface area (Å²) >= 11 is 0. The molecule has 0 rings (SSSR count). The van der Waals surface area contributed by atoms with Crippen LogP contribution in [0.1, 0.15) is 2.85 Å². The normalized spacial score (nSPS) is 0. The zero-order valence-electron chi connectivity index (χ0n) is 5.01. The van der Waals surface area contributed by atoms with E-state index in [2.05, 4.69) is 0 Å². The summed E-state index contributed by atoms with van der Waals surface area (Å²) in [5.74, 6) is 0. The molecule has 0 aliphatic carbocycles. The fourth-order valence-corrected chi connectivity index (χ4v) is 0. The van der Waals surface area contributed by atoms with Gasteiger partial charge >= 0.3 is 37.7 Å². The summed E-state index contributed by atoms with van der Waals surface area (Å²) in [6, 6.07) is 0. The molecule has 0 aromatic carbocycles. The second kappa shape index (κ2) is 32.1. The van der Waals surface area contributed by atoms with Crippen LogP contribution < -0.4 is 0 Å². The molecule has 1 radical (unpaired) electrons. The van der Waals surface area contributed by atoms with Gasteiger partial charge in [0.25, 0.3) is 0 Å². The van der Waals surface area contributed by atoms with Gasteiger partial charge in [0.05, 0.1) is 0 Å². The van der Waals surface area contributed by atoms with Crippen molar-refractivity contribution in [2.45, 2.75) is 0 Å². The van der Waals surface area contributed by atoms with E-state index in [4.69, 9.17) is 0 Å². The van der Waals surface area contributed by atoms with E-state index in [9.17, 15) is 0 Å². The van der Waals surface area contributed by atoms with Crippen LogP contribution in [0.25, 0.3) is 0 Å². The summed E-state index contributed by atoms with van der Waals surface area (Å²) in [6.07, 6.45) is 0. The molecule has 0 aliphatic heterocycles. The maximum Gasteiger partial charge on any atom is 2.00 e. The van der Waals surface area contributed by atoms with Crippen molar-refractivity contribution in [3.05, 3.63) is 0 Å². The Morgan fingerprint density at radius 3 is 1.17 bits per heavy atom. The number of hydrogen-bond donors (Lipinski definition) is 0. The predicted molar refractivity (Wildman–Crippen MR) is 11.6 cm³/mol. The minimum atomic E-state index is 0. The molecule has 6 heavy (non-hydrogen) atoms. The molecule has 0 atom stereocenters. The molecule has 35 valence electrons. The number of hydrogen-bond acceptors (Lipinski definition) is 0. The average molecular weight is 458 g/mol. The van der Waals surface area contributed by atoms with Gasteiger partial charge in [-0.05, 0) is 0 Å². The Kier molecular flexibility index (Phi) is 232. The van der Waals surface area contributed by atoms with Gasteiger partial charge in [0.1, 0.15) is 0 Å². The van der Waals surface area contributed by atoms with Crippen molar-refractivity contribution in [1.29, 1.82) is 0 Å². The average Bonchev–Trinajstić information content (AvgIpc) is 0. The smallest absolute Gasteiger partial charge is 1.00 e. The minimum Gasteiger partial charge on any atom is -1.00 e. The van der Waals surface area contributed by atoms with Crippen molar-refractivity contribution in [3.63, 3.8) is 0 Å². The van der Waals surface area contributed by atoms with E-state index in [0.717, 1.165) is 0 Å². The second-order valence-electron chi connectivity index (χ2n) is 0. The van der Waals surface area contributed by atoms with Crippen LogP contribution in [0.2, 0.25) is 0 Å². The zero-order valence-corrected chi connectivity index (χ0v) is 14.1. The first kappa shape index (κ1) is 43.4. The number of rotatable bonds is 0. The fraction of sp³-hybridized carbons (Fsp3) is 0. The molecular weight excluding hydrogens is 454 g/mol. The van der Waals surface area contributed by atoms with Crippen LogP contribution in [0.5, 0.6) is 0 Å². The molecule has 1 nitrogen and oxygen atoms in total. The summed E-state index contributed by atoms with van der Waals surface area (Å²) in [5, 5.41) is 0. The molecular formula is H4CaNiOPrSmTi. The quantitative estimate of drug-likeness (QED) is 0.419. The molecule has 0 amide bonds. The van der Waals surface area contributed by atoms with Crippen LogP contribution in [0, 0.1) is 81.7 Å². The van der Waals surface area contributed by atoms with Gasteiger partial charge in [0.2, 0.25) is 0 Å². The molecule has 0 heterocycles. The van der Waals surface area contributed by atoms with E-state index in [1.807, 2.05) is 0 Å². The zero-order chi connectivity index (χ0) is 0. The van der Waals surface area contributed by atoms with Crippen molar-refractivity contribution in [2.75, 3.05) is 0 Å². The minimum absolute atomic E-state index is 0. The summed E-state index contributed by atoms with van der Waals surface area (Å²) in [5.41, 5.74) is 0. The van der Waals surface area contributed by atoms with Crippen LogP contribution in [0.3, 0.4) is 0 Å². The van der Waals surface area contributed by atoms with E-state index in [1.54, 1.807) is 0 Å². The molecule has 6 heteroatoms. The summed E-state index contributed by atoms with van der Waals surface area (Å²) in [6.45, 7) is 0. The largest absolute Gasteiger partial charge is 2.00 e. The Bertz CT molecular complexity index is 22.0. The Labute approximate surface area is 161 Å². The Morgan fingerprint density at radius 2 is 1.17 bits per heavy atom. The third-order valence-electron chi connectivity index (χ3n) is 0. The van der Waals surface area contributed by atoms with Crippen molar-refractivity contribution in [2.24, 2.45) is 0 Å². The third kappa shape index (κ3) is 22.9. The summed E-state index contributed by atoms with van der Waals surface area (Å²) in [7, 11) is 0. The van der Waals surface area contributed by atoms with Crippen LogP contribution in [0.4, 0.5) is 0 Å². The van der Waals surface area contributed by atoms with Gasteiger partial charge in [0.15, 0.2) is 0 Å². The molecule has 0 spiro atoms. The maximum absolute atomic E-state index is 0. The fourth-order valence-electron chi connectivity index (χ4n) is 0. The molecule has 2 N–H and O–H groups in total. The maximum atomic E-state index is 0. The van der Waals surface area contributed by atoms with Gasteiger partial charge in [-0.25, -0.2) is 0 Å². The molecule has 0 bridgehead atoms. The first-order chi connectivity index (χ1) is 0. The standard InChI is InChI=1S/Ca.Ni.H2O.Pr.Sm.Ti.2H/h;;1H2;;;;;/q+2;;;;;;2*-1. The van der Waals surface area contributed by atoms with Gasteiger partial charge in [-0.2, -0.15) is 0 Å². The van der Waals surface area contributed by atoms with Gasteiger partial charge < -0.3 is 8.33 Å². The van der Waals surface area contributed by atoms with E-state index < -0.39 is 0 Å². The Hall–Kier alpha value is 5.13. The van der Waals surface area contributed by atoms with Gasteiger partial charge in [-0.3, -0.25) is 0 Å². The van der Waals surface area contributed by atoms with E-state index in [-0.39, 0.29) is 166 Å². The van der Waals surface area contributed by atoms with E-state index in [0.29, 0.717) is 0 Å². The third-order valence-corrected chi connectivity index (χ3v) is 0. The molecule has 0 saturated heterocycles. The monoisotopic (exact) mass is 459 g/mol. The summed E-state index contributed by atoms with van der Waals surface area (Å²) < 4.78 is 0. The van der Waals surface area contributed by atoms with Crippen molar-refractivity contribution in [1.82, 2.24) is 0 Å². The van der Waals surface area contributed by atoms with Crippen molar-refractivity contribution in [3.8, 4) is 0 Å². The SMILES string of the molecule is O.[Ca+2].[H-].[H-].[Ni].[Pr].[Sm].[Ti]. The molecule has 0 fully saturated rings. The molecule has 0 aromatic heterocycles. The van der Waals surface area contributed by atoms with Crippen LogP contribution in [-0.2, 0) is 38.2 Å². The van der Waals surface area contributed by atoms with E-state index in [1.165, 1.54) is 0 Å². The van der Waals surface area contributed by atoms with Gasteiger partial charge in [-0.1, -0.05) is 0 Å². The topological polar surface area (TPSA) is 31.5 Å². The molecule has 0 saturated carbocycles. The van der Waals surface area contributed by atoms with Crippen molar-refractivity contribution >= 4 is 37.7 Å². The summed E-state index contributed by atoms with van der Waals surface area (Å²) in [4.78, 5) is 0. The molecule has 0 aliphatic rings. The van der Waals surface area contributed by atoms with Crippen LogP contribution >= 0.6 is 0 Å². The van der Waals surface area contributed by atoms with Crippen LogP contribution in [-0.4, -0.2) is 43.2 Å². The molecule has 0 unspecified atom stereocenters.